The van der Waals surface area contributed by atoms with Crippen LogP contribution in [0.25, 0.3) is 10.4 Å². The lowest BCUT2D eigenvalue weighted by Gasteiger charge is -2.17. The average molecular weight is 511 g/mol. The van der Waals surface area contributed by atoms with Crippen LogP contribution in [0.3, 0.4) is 0 Å². The van der Waals surface area contributed by atoms with Crippen LogP contribution in [0.4, 0.5) is 0 Å². The Bertz CT molecular complexity index is 850. The predicted molar refractivity (Wildman–Crippen MR) is 111 cm³/mol. The van der Waals surface area contributed by atoms with E-state index in [1.54, 1.807) is 48.5 Å². The Kier molecular flexibility index (Phi) is 9.00. The highest BCUT2D eigenvalue weighted by molar-refractivity contribution is 9.10. The molecule has 0 aromatic heterocycles. The maximum atomic E-state index is 12.3. The number of carbonyl (C=O) groups is 2. The lowest BCUT2D eigenvalue weighted by atomic mass is 10.2. The van der Waals surface area contributed by atoms with E-state index in [1.165, 1.54) is 0 Å². The fourth-order valence-corrected chi connectivity index (χ4v) is 2.80. The van der Waals surface area contributed by atoms with Crippen molar-refractivity contribution >= 4 is 43.8 Å². The van der Waals surface area contributed by atoms with E-state index in [2.05, 4.69) is 41.9 Å². The lowest BCUT2D eigenvalue weighted by Crippen LogP contribution is -2.22. The van der Waals surface area contributed by atoms with Gasteiger partial charge in [-0.05, 0) is 60.5 Å². The second-order valence-electron chi connectivity index (χ2n) is 5.71. The first-order valence-electron chi connectivity index (χ1n) is 8.39. The van der Waals surface area contributed by atoms with E-state index in [1.807, 2.05) is 0 Å². The van der Waals surface area contributed by atoms with Crippen LogP contribution in [0.5, 0.6) is 0 Å². The van der Waals surface area contributed by atoms with Crippen molar-refractivity contribution in [3.05, 3.63) is 79.0 Å². The number of benzene rings is 2. The number of carbonyl (C=O) groups excluding carboxylic acids is 2. The van der Waals surface area contributed by atoms with Gasteiger partial charge >= 0.3 is 11.9 Å². The molecule has 0 N–H and O–H groups in total. The number of hydrogen-bond donors (Lipinski definition) is 0. The minimum absolute atomic E-state index is 0.0729. The first-order chi connectivity index (χ1) is 13.5. The van der Waals surface area contributed by atoms with Crippen molar-refractivity contribution in [2.75, 3.05) is 13.2 Å². The Hall–Kier alpha value is -2.35. The number of hydrogen-bond acceptors (Lipinski definition) is 5. The topological polar surface area (TPSA) is 101 Å². The van der Waals surface area contributed by atoms with E-state index >= 15 is 0 Å². The van der Waals surface area contributed by atoms with Crippen molar-refractivity contribution in [2.45, 2.75) is 18.9 Å². The standard InChI is InChI=1S/C19H17Br2N3O4/c20-15-5-1-13(2-6-15)18(25)27-12-10-17(9-11-23-24-22)28-19(26)14-3-7-16(21)8-4-14/h1-8,17H,9-12H2/t17-/m0/s1. The predicted octanol–water partition coefficient (Wildman–Crippen LogP) is 5.68. The zero-order valence-electron chi connectivity index (χ0n) is 14.8. The molecule has 0 heterocycles. The summed E-state index contributed by atoms with van der Waals surface area (Å²) in [6.07, 6.45) is 0.0903. The zero-order chi connectivity index (χ0) is 20.4. The van der Waals surface area contributed by atoms with Crippen molar-refractivity contribution in [1.82, 2.24) is 0 Å². The van der Waals surface area contributed by atoms with Gasteiger partial charge in [0.15, 0.2) is 0 Å². The molecule has 146 valence electrons. The first-order valence-corrected chi connectivity index (χ1v) is 9.98. The van der Waals surface area contributed by atoms with Gasteiger partial charge in [0.05, 0.1) is 17.7 Å². The molecule has 0 aliphatic carbocycles. The Labute approximate surface area is 178 Å². The maximum Gasteiger partial charge on any atom is 0.338 e. The summed E-state index contributed by atoms with van der Waals surface area (Å²) in [5.74, 6) is -0.946. The van der Waals surface area contributed by atoms with Gasteiger partial charge in [0.1, 0.15) is 6.10 Å². The highest BCUT2D eigenvalue weighted by Crippen LogP contribution is 2.15. The summed E-state index contributed by atoms with van der Waals surface area (Å²) in [4.78, 5) is 27.1. The fraction of sp³-hybridized carbons (Fsp3) is 0.263. The summed E-state index contributed by atoms with van der Waals surface area (Å²) in [6, 6.07) is 13.6. The quantitative estimate of drug-likeness (QED) is 0.187. The molecule has 2 aromatic rings. The van der Waals surface area contributed by atoms with Crippen LogP contribution >= 0.6 is 31.9 Å². The fourth-order valence-electron chi connectivity index (χ4n) is 2.27. The largest absolute Gasteiger partial charge is 0.462 e. The SMILES string of the molecule is [N-]=[N+]=NCC[C@@H](CCOC(=O)c1ccc(Br)cc1)OC(=O)c1ccc(Br)cc1. The molecule has 9 heteroatoms. The molecule has 0 aliphatic heterocycles. The Morgan fingerprint density at radius 2 is 1.46 bits per heavy atom. The van der Waals surface area contributed by atoms with Crippen molar-refractivity contribution in [3.63, 3.8) is 0 Å². The van der Waals surface area contributed by atoms with Crippen LogP contribution in [0, 0.1) is 0 Å². The number of ether oxygens (including phenoxy) is 2. The third-order valence-corrected chi connectivity index (χ3v) is 4.78. The minimum Gasteiger partial charge on any atom is -0.462 e. The van der Waals surface area contributed by atoms with E-state index in [4.69, 9.17) is 15.0 Å². The van der Waals surface area contributed by atoms with Crippen LogP contribution in [-0.2, 0) is 9.47 Å². The van der Waals surface area contributed by atoms with E-state index in [0.717, 1.165) is 8.95 Å². The number of azide groups is 1. The smallest absolute Gasteiger partial charge is 0.338 e. The highest BCUT2D eigenvalue weighted by Gasteiger charge is 2.17. The number of halogens is 2. The second-order valence-corrected chi connectivity index (χ2v) is 7.54. The third kappa shape index (κ3) is 7.34. The molecule has 0 spiro atoms. The molecule has 0 bridgehead atoms. The third-order valence-electron chi connectivity index (χ3n) is 3.72. The van der Waals surface area contributed by atoms with Gasteiger partial charge in [-0.1, -0.05) is 37.0 Å². The van der Waals surface area contributed by atoms with Crippen LogP contribution in [0.15, 0.2) is 62.6 Å². The van der Waals surface area contributed by atoms with Crippen molar-refractivity contribution in [2.24, 2.45) is 5.11 Å². The van der Waals surface area contributed by atoms with Gasteiger partial charge in [0.25, 0.3) is 0 Å². The molecule has 0 unspecified atom stereocenters. The van der Waals surface area contributed by atoms with Crippen molar-refractivity contribution in [3.8, 4) is 0 Å². The van der Waals surface area contributed by atoms with Gasteiger partial charge in [-0.15, -0.1) is 0 Å². The van der Waals surface area contributed by atoms with Crippen LogP contribution in [0.1, 0.15) is 33.6 Å². The molecule has 0 saturated heterocycles. The van der Waals surface area contributed by atoms with Crippen LogP contribution in [-0.4, -0.2) is 31.2 Å². The molecule has 0 saturated carbocycles. The number of esters is 2. The normalized spacial score (nSPS) is 11.2. The molecule has 0 amide bonds. The Balaban J connectivity index is 1.91. The maximum absolute atomic E-state index is 12.3. The molecule has 0 aliphatic rings. The molecule has 1 atom stereocenters. The summed E-state index contributed by atoms with van der Waals surface area (Å²) in [6.45, 7) is 0.249. The minimum atomic E-state index is -0.542. The summed E-state index contributed by atoms with van der Waals surface area (Å²) in [5, 5.41) is 3.47. The van der Waals surface area contributed by atoms with Gasteiger partial charge < -0.3 is 9.47 Å². The summed E-state index contributed by atoms with van der Waals surface area (Å²) in [7, 11) is 0. The lowest BCUT2D eigenvalue weighted by molar-refractivity contribution is 0.0172. The van der Waals surface area contributed by atoms with E-state index in [-0.39, 0.29) is 13.2 Å². The monoisotopic (exact) mass is 509 g/mol. The second kappa shape index (κ2) is 11.5. The highest BCUT2D eigenvalue weighted by atomic mass is 79.9. The van der Waals surface area contributed by atoms with Crippen LogP contribution in [0.2, 0.25) is 0 Å². The average Bonchev–Trinajstić information content (AvgIpc) is 2.69. The van der Waals surface area contributed by atoms with E-state index in [9.17, 15) is 9.59 Å². The summed E-state index contributed by atoms with van der Waals surface area (Å²) < 4.78 is 12.5. The molecule has 7 nitrogen and oxygen atoms in total. The van der Waals surface area contributed by atoms with Gasteiger partial charge in [0.2, 0.25) is 0 Å². The number of nitrogens with zero attached hydrogens (tertiary/aromatic N) is 3. The van der Waals surface area contributed by atoms with Crippen molar-refractivity contribution < 1.29 is 19.1 Å². The molecule has 2 rings (SSSR count). The first kappa shape index (κ1) is 21.9. The van der Waals surface area contributed by atoms with Gasteiger partial charge in [-0.2, -0.15) is 0 Å². The van der Waals surface area contributed by atoms with Gasteiger partial charge in [0, 0.05) is 26.8 Å². The van der Waals surface area contributed by atoms with Crippen LogP contribution < -0.4 is 0 Å². The van der Waals surface area contributed by atoms with E-state index in [0.29, 0.717) is 24.0 Å². The Morgan fingerprint density at radius 1 is 0.929 bits per heavy atom. The Morgan fingerprint density at radius 3 is 2.00 bits per heavy atom. The van der Waals surface area contributed by atoms with E-state index < -0.39 is 18.0 Å². The summed E-state index contributed by atoms with van der Waals surface area (Å²) in [5.41, 5.74) is 9.27. The summed E-state index contributed by atoms with van der Waals surface area (Å²) >= 11 is 6.61. The molecular formula is C19H17Br2N3O4. The molecule has 0 radical (unpaired) electrons. The zero-order valence-corrected chi connectivity index (χ0v) is 17.9. The molecular weight excluding hydrogens is 494 g/mol. The number of rotatable bonds is 9. The molecule has 28 heavy (non-hydrogen) atoms. The molecule has 0 fully saturated rings. The molecule has 2 aromatic carbocycles. The van der Waals surface area contributed by atoms with Gasteiger partial charge in [-0.3, -0.25) is 0 Å². The van der Waals surface area contributed by atoms with Gasteiger partial charge in [-0.25, -0.2) is 9.59 Å². The van der Waals surface area contributed by atoms with Crippen molar-refractivity contribution in [1.29, 1.82) is 0 Å².